The van der Waals surface area contributed by atoms with Gasteiger partial charge in [0, 0.05) is 11.4 Å². The van der Waals surface area contributed by atoms with Gasteiger partial charge in [-0.25, -0.2) is 9.18 Å². The highest BCUT2D eigenvalue weighted by Crippen LogP contribution is 2.42. The molecule has 4 rings (SSSR count). The summed E-state index contributed by atoms with van der Waals surface area (Å²) in [6.45, 7) is 0. The van der Waals surface area contributed by atoms with Crippen LogP contribution in [0.1, 0.15) is 42.0 Å². The van der Waals surface area contributed by atoms with Crippen molar-refractivity contribution in [2.45, 2.75) is 37.0 Å². The van der Waals surface area contributed by atoms with Crippen molar-refractivity contribution in [3.63, 3.8) is 0 Å². The molecule has 0 radical (unpaired) electrons. The maximum absolute atomic E-state index is 15.9. The number of carboxylic acids is 1. The van der Waals surface area contributed by atoms with Crippen LogP contribution in [-0.4, -0.2) is 33.6 Å². The van der Waals surface area contributed by atoms with Gasteiger partial charge in [-0.3, -0.25) is 4.79 Å². The van der Waals surface area contributed by atoms with Crippen molar-refractivity contribution in [3.05, 3.63) is 88.5 Å². The number of carbonyl (C=O) groups is 2. The number of aliphatic carboxylic acids is 1. The van der Waals surface area contributed by atoms with Crippen molar-refractivity contribution in [2.24, 2.45) is 0 Å². The first-order chi connectivity index (χ1) is 15.3. The van der Waals surface area contributed by atoms with E-state index in [1.165, 1.54) is 12.2 Å². The Morgan fingerprint density at radius 3 is 2.62 bits per heavy atom. The molecule has 1 unspecified atom stereocenters. The van der Waals surface area contributed by atoms with Gasteiger partial charge in [0.1, 0.15) is 6.04 Å². The molecule has 162 valence electrons. The summed E-state index contributed by atoms with van der Waals surface area (Å²) >= 11 is 6.31. The number of nitrogens with zero attached hydrogens (tertiary/aromatic N) is 2. The Kier molecular flexibility index (Phi) is 5.86. The molecular formula is C25H20ClFN2O3. The monoisotopic (exact) mass is 450 g/mol. The predicted molar refractivity (Wildman–Crippen MR) is 118 cm³/mol. The molecule has 0 spiro atoms. The molecule has 1 fully saturated rings. The first-order valence-electron chi connectivity index (χ1n) is 10.2. The molecule has 1 aliphatic heterocycles. The van der Waals surface area contributed by atoms with Crippen molar-refractivity contribution in [2.75, 3.05) is 0 Å². The van der Waals surface area contributed by atoms with Gasteiger partial charge in [-0.15, -0.1) is 0 Å². The number of hydrogen-bond acceptors (Lipinski definition) is 3. The fourth-order valence-electron chi connectivity index (χ4n) is 4.36. The minimum absolute atomic E-state index is 0.221. The average Bonchev–Trinajstić information content (AvgIpc) is 3.24. The highest BCUT2D eigenvalue weighted by Gasteiger charge is 2.49. The number of hydrogen-bond donors (Lipinski definition) is 1. The number of amides is 1. The Morgan fingerprint density at radius 2 is 1.97 bits per heavy atom. The molecule has 3 atom stereocenters. The van der Waals surface area contributed by atoms with E-state index in [-0.39, 0.29) is 12.8 Å². The second-order valence-electron chi connectivity index (χ2n) is 7.93. The Morgan fingerprint density at radius 1 is 1.19 bits per heavy atom. The minimum Gasteiger partial charge on any atom is -0.480 e. The SMILES string of the molecule is N#Cc1cccc(C2=CCC(F)(C(=O)N3[C@@H](c4ccccc4Cl)CC[C@H]3C(=O)O)C=C2)c1. The number of carboxylic acid groups (broad SMARTS) is 1. The molecule has 7 heteroatoms. The lowest BCUT2D eigenvalue weighted by molar-refractivity contribution is -0.154. The standard InChI is InChI=1S/C25H20ClFN2O3/c26-20-7-2-1-6-19(20)21-8-9-22(23(30)31)29(21)24(32)25(27)12-10-17(11-13-25)18-5-3-4-16(14-18)15-28/h1-7,10-12,14,21-22H,8-9,13H2,(H,30,31)/t21-,22+,25?/m1/s1. The third-order valence-electron chi connectivity index (χ3n) is 6.00. The summed E-state index contributed by atoms with van der Waals surface area (Å²) in [6.07, 6.45) is 4.67. The second kappa shape index (κ2) is 8.60. The summed E-state index contributed by atoms with van der Waals surface area (Å²) in [5, 5.41) is 19.2. The fraction of sp³-hybridized carbons (Fsp3) is 0.240. The van der Waals surface area contributed by atoms with E-state index in [0.717, 1.165) is 10.5 Å². The van der Waals surface area contributed by atoms with E-state index >= 15 is 4.39 Å². The second-order valence-corrected chi connectivity index (χ2v) is 8.34. The van der Waals surface area contributed by atoms with Crippen LogP contribution < -0.4 is 0 Å². The summed E-state index contributed by atoms with van der Waals surface area (Å²) in [7, 11) is 0. The van der Waals surface area contributed by atoms with E-state index in [4.69, 9.17) is 16.9 Å². The van der Waals surface area contributed by atoms with Crippen LogP contribution in [-0.2, 0) is 9.59 Å². The highest BCUT2D eigenvalue weighted by molar-refractivity contribution is 6.31. The third kappa shape index (κ3) is 3.92. The van der Waals surface area contributed by atoms with Crippen LogP contribution in [0.25, 0.3) is 5.57 Å². The van der Waals surface area contributed by atoms with Crippen LogP contribution in [0.3, 0.4) is 0 Å². The first-order valence-corrected chi connectivity index (χ1v) is 10.6. The normalized spacial score (nSPS) is 24.7. The Bertz CT molecular complexity index is 1190. The summed E-state index contributed by atoms with van der Waals surface area (Å²) < 4.78 is 15.9. The Hall–Kier alpha value is -3.43. The summed E-state index contributed by atoms with van der Waals surface area (Å²) in [4.78, 5) is 26.4. The first kappa shape index (κ1) is 21.8. The van der Waals surface area contributed by atoms with Gasteiger partial charge >= 0.3 is 5.97 Å². The molecule has 1 heterocycles. The zero-order valence-corrected chi connectivity index (χ0v) is 17.8. The van der Waals surface area contributed by atoms with Gasteiger partial charge in [-0.2, -0.15) is 5.26 Å². The summed E-state index contributed by atoms with van der Waals surface area (Å²) in [5.41, 5.74) is 0.164. The zero-order valence-electron chi connectivity index (χ0n) is 17.0. The number of alkyl halides is 1. The van der Waals surface area contributed by atoms with E-state index < -0.39 is 29.6 Å². The number of likely N-dealkylation sites (tertiary alicyclic amines) is 1. The number of halogens is 2. The number of nitriles is 1. The van der Waals surface area contributed by atoms with Gasteiger partial charge in [-0.05, 0) is 53.8 Å². The van der Waals surface area contributed by atoms with Crippen LogP contribution in [0.15, 0.2) is 66.8 Å². The van der Waals surface area contributed by atoms with E-state index in [2.05, 4.69) is 6.07 Å². The number of rotatable bonds is 4. The molecule has 0 saturated carbocycles. The number of benzene rings is 2. The van der Waals surface area contributed by atoms with Gasteiger partial charge in [0.25, 0.3) is 5.91 Å². The topological polar surface area (TPSA) is 81.4 Å². The van der Waals surface area contributed by atoms with Crippen LogP contribution in [0.2, 0.25) is 5.02 Å². The molecule has 1 saturated heterocycles. The summed E-state index contributed by atoms with van der Waals surface area (Å²) in [6, 6.07) is 14.1. The molecule has 1 N–H and O–H groups in total. The lowest BCUT2D eigenvalue weighted by Gasteiger charge is -2.35. The van der Waals surface area contributed by atoms with Gasteiger partial charge in [0.05, 0.1) is 17.7 Å². The van der Waals surface area contributed by atoms with Crippen LogP contribution >= 0.6 is 11.6 Å². The lowest BCUT2D eigenvalue weighted by atomic mass is 9.88. The van der Waals surface area contributed by atoms with E-state index in [1.54, 1.807) is 54.6 Å². The number of carbonyl (C=O) groups excluding carboxylic acids is 1. The molecule has 2 aromatic carbocycles. The molecule has 0 bridgehead atoms. The van der Waals surface area contributed by atoms with Gasteiger partial charge in [0.2, 0.25) is 5.67 Å². The van der Waals surface area contributed by atoms with E-state index in [0.29, 0.717) is 28.1 Å². The molecule has 1 amide bonds. The van der Waals surface area contributed by atoms with Crippen LogP contribution in [0.5, 0.6) is 0 Å². The average molecular weight is 451 g/mol. The van der Waals surface area contributed by atoms with Crippen LogP contribution in [0, 0.1) is 11.3 Å². The zero-order chi connectivity index (χ0) is 22.9. The van der Waals surface area contributed by atoms with Crippen molar-refractivity contribution in [1.29, 1.82) is 5.26 Å². The van der Waals surface area contributed by atoms with Crippen molar-refractivity contribution >= 4 is 29.1 Å². The van der Waals surface area contributed by atoms with Gasteiger partial charge in [-0.1, -0.05) is 54.1 Å². The van der Waals surface area contributed by atoms with Crippen molar-refractivity contribution in [3.8, 4) is 6.07 Å². The molecule has 2 aromatic rings. The number of allylic oxidation sites excluding steroid dienone is 3. The summed E-state index contributed by atoms with van der Waals surface area (Å²) in [5.74, 6) is -2.05. The van der Waals surface area contributed by atoms with Crippen molar-refractivity contribution < 1.29 is 19.1 Å². The minimum atomic E-state index is -2.37. The van der Waals surface area contributed by atoms with Crippen LogP contribution in [0.4, 0.5) is 4.39 Å². The highest BCUT2D eigenvalue weighted by atomic mass is 35.5. The molecule has 32 heavy (non-hydrogen) atoms. The smallest absolute Gasteiger partial charge is 0.326 e. The Balaban J connectivity index is 1.63. The van der Waals surface area contributed by atoms with Gasteiger partial charge < -0.3 is 10.0 Å². The molecule has 0 aromatic heterocycles. The fourth-order valence-corrected chi connectivity index (χ4v) is 4.62. The van der Waals surface area contributed by atoms with E-state index in [9.17, 15) is 14.7 Å². The predicted octanol–water partition coefficient (Wildman–Crippen LogP) is 5.08. The van der Waals surface area contributed by atoms with Crippen molar-refractivity contribution in [1.82, 2.24) is 4.90 Å². The molecule has 5 nitrogen and oxygen atoms in total. The quantitative estimate of drug-likeness (QED) is 0.704. The molecule has 2 aliphatic rings. The lowest BCUT2D eigenvalue weighted by Crippen LogP contribution is -2.50. The molecule has 1 aliphatic carbocycles. The Labute approximate surface area is 190 Å². The maximum atomic E-state index is 15.9. The van der Waals surface area contributed by atoms with Gasteiger partial charge in [0.15, 0.2) is 0 Å². The largest absolute Gasteiger partial charge is 0.480 e. The molecular weight excluding hydrogens is 431 g/mol. The maximum Gasteiger partial charge on any atom is 0.326 e. The third-order valence-corrected chi connectivity index (χ3v) is 6.34. The van der Waals surface area contributed by atoms with E-state index in [1.807, 2.05) is 0 Å².